The Balaban J connectivity index is -0.000000107. The van der Waals surface area contributed by atoms with Crippen LogP contribution in [-0.4, -0.2) is 48.5 Å². The van der Waals surface area contributed by atoms with Gasteiger partial charge >= 0.3 is 30.4 Å². The summed E-state index contributed by atoms with van der Waals surface area (Å²) < 4.78 is 2.57. The van der Waals surface area contributed by atoms with E-state index in [9.17, 15) is 28.8 Å². The molecule has 0 saturated carbocycles. The molecule has 0 atom stereocenters. The average Bonchev–Trinajstić information content (AvgIpc) is 1.14. The molecule has 0 aliphatic heterocycles. The maximum atomic E-state index is 9.36. The van der Waals surface area contributed by atoms with Crippen molar-refractivity contribution in [1.29, 1.82) is 0 Å². The molecule has 0 aromatic heterocycles. The fraction of sp³-hybridized carbons (Fsp3) is 0. The van der Waals surface area contributed by atoms with Crippen LogP contribution < -0.4 is 28.8 Å². The Labute approximate surface area is 81.9 Å². The van der Waals surface area contributed by atoms with Crippen LogP contribution in [0, 0.1) is 0 Å². The molecular weight excluding hydrogens is 195 g/mol. The van der Waals surface area contributed by atoms with Crippen LogP contribution in [0.1, 0.15) is 0 Å². The van der Waals surface area contributed by atoms with Crippen molar-refractivity contribution < 1.29 is 32.9 Å². The van der Waals surface area contributed by atoms with Gasteiger partial charge in [-0.05, 0) is 0 Å². The molecule has 0 bridgehead atoms. The van der Waals surface area contributed by atoms with Crippen LogP contribution in [0.4, 0.5) is 0 Å². The summed E-state index contributed by atoms with van der Waals surface area (Å²) in [4.78, 5) is 56.2. The molecule has 0 spiro atoms. The standard InChI is InChI=1S/3Be.O7Si2/c;;;1-8(2,3)7-9(4,5)6/q3*+2;-6. The zero-order chi connectivity index (χ0) is 7.71. The second-order valence-corrected chi connectivity index (χ2v) is 3.92. The quantitative estimate of drug-likeness (QED) is 0.397. The molecule has 12 heavy (non-hydrogen) atoms. The van der Waals surface area contributed by atoms with Gasteiger partial charge in [0.2, 0.25) is 0 Å². The van der Waals surface area contributed by atoms with Gasteiger partial charge in [0, 0.05) is 0 Å². The van der Waals surface area contributed by atoms with Crippen molar-refractivity contribution in [2.45, 2.75) is 0 Å². The van der Waals surface area contributed by atoms with Crippen molar-refractivity contribution in [3.05, 3.63) is 0 Å². The molecule has 7 nitrogen and oxygen atoms in total. The molecule has 0 aliphatic rings. The van der Waals surface area contributed by atoms with E-state index in [2.05, 4.69) is 4.12 Å². The Morgan fingerprint density at radius 3 is 0.750 bits per heavy atom. The molecule has 0 N–H and O–H groups in total. The van der Waals surface area contributed by atoms with E-state index in [-0.39, 0.29) is 30.4 Å². The van der Waals surface area contributed by atoms with Crippen LogP contribution >= 0.6 is 0 Å². The first-order valence-corrected chi connectivity index (χ1v) is 4.90. The fourth-order valence-corrected chi connectivity index (χ4v) is 1.38. The molecule has 12 heteroatoms. The predicted molar refractivity (Wildman–Crippen MR) is 29.9 cm³/mol. The van der Waals surface area contributed by atoms with Crippen LogP contribution in [0.15, 0.2) is 0 Å². The second kappa shape index (κ2) is 7.10. The summed E-state index contributed by atoms with van der Waals surface area (Å²) in [6.45, 7) is 0. The van der Waals surface area contributed by atoms with Crippen molar-refractivity contribution in [3.8, 4) is 0 Å². The summed E-state index contributed by atoms with van der Waals surface area (Å²) in [5, 5.41) is 0. The van der Waals surface area contributed by atoms with E-state index < -0.39 is 18.1 Å². The summed E-state index contributed by atoms with van der Waals surface area (Å²) in [6.07, 6.45) is 0. The first-order chi connectivity index (χ1) is 3.71. The van der Waals surface area contributed by atoms with Gasteiger partial charge in [-0.25, -0.2) is 0 Å². The van der Waals surface area contributed by atoms with Crippen molar-refractivity contribution in [1.82, 2.24) is 0 Å². The molecular formula is Be3O7Si2. The molecule has 0 amide bonds. The fourth-order valence-electron chi connectivity index (χ4n) is 0.153. The minimum Gasteiger partial charge on any atom is -0.862 e. The van der Waals surface area contributed by atoms with Gasteiger partial charge < -0.3 is 32.9 Å². The molecule has 0 fully saturated rings. The van der Waals surface area contributed by atoms with Crippen LogP contribution in [0.5, 0.6) is 0 Å². The molecule has 56 valence electrons. The predicted octanol–water partition coefficient (Wildman–Crippen LogP) is -9.11. The second-order valence-electron chi connectivity index (χ2n) is 1.10. The van der Waals surface area contributed by atoms with Gasteiger partial charge in [0.15, 0.2) is 0 Å². The Hall–Kier alpha value is 0.660. The molecule has 0 aliphatic carbocycles. The summed E-state index contributed by atoms with van der Waals surface area (Å²) in [7, 11) is -11.8. The number of hydrogen-bond donors (Lipinski definition) is 0. The third kappa shape index (κ3) is 22.4. The van der Waals surface area contributed by atoms with E-state index in [1.165, 1.54) is 0 Å². The Morgan fingerprint density at radius 1 is 0.583 bits per heavy atom. The summed E-state index contributed by atoms with van der Waals surface area (Å²) in [5.74, 6) is 0. The van der Waals surface area contributed by atoms with E-state index in [1.54, 1.807) is 0 Å². The van der Waals surface area contributed by atoms with Crippen molar-refractivity contribution in [3.63, 3.8) is 0 Å². The SMILES string of the molecule is [Be+2].[Be+2].[Be+2].[O-][Si]([O-])([O-])O[Si]([O-])([O-])[O-]. The van der Waals surface area contributed by atoms with Gasteiger partial charge in [-0.15, -0.1) is 18.1 Å². The van der Waals surface area contributed by atoms with Gasteiger partial charge in [-0.1, -0.05) is 0 Å². The molecule has 0 radical (unpaired) electrons. The van der Waals surface area contributed by atoms with E-state index in [4.69, 9.17) is 0 Å². The Morgan fingerprint density at radius 2 is 0.750 bits per heavy atom. The molecule has 0 heterocycles. The van der Waals surface area contributed by atoms with Crippen LogP contribution in [0.3, 0.4) is 0 Å². The Bertz CT molecular complexity index is 81.8. The normalized spacial score (nSPS) is 10.5. The van der Waals surface area contributed by atoms with Crippen molar-refractivity contribution >= 4 is 48.5 Å². The van der Waals surface area contributed by atoms with E-state index in [0.717, 1.165) is 0 Å². The smallest absolute Gasteiger partial charge is 0.862 e. The van der Waals surface area contributed by atoms with Crippen LogP contribution in [0.25, 0.3) is 0 Å². The summed E-state index contributed by atoms with van der Waals surface area (Å²) >= 11 is 0. The minimum absolute atomic E-state index is 0. The molecule has 0 aromatic rings. The third-order valence-corrected chi connectivity index (χ3v) is 2.25. The van der Waals surface area contributed by atoms with Crippen molar-refractivity contribution in [2.24, 2.45) is 0 Å². The molecule has 0 unspecified atom stereocenters. The van der Waals surface area contributed by atoms with E-state index in [0.29, 0.717) is 0 Å². The maximum Gasteiger partial charge on any atom is 2.00 e. The monoisotopic (exact) mass is 195 g/mol. The summed E-state index contributed by atoms with van der Waals surface area (Å²) in [6, 6.07) is 0. The van der Waals surface area contributed by atoms with Crippen LogP contribution in [0.2, 0.25) is 0 Å². The third-order valence-electron chi connectivity index (χ3n) is 0.250. The number of rotatable bonds is 2. The van der Waals surface area contributed by atoms with Gasteiger partial charge in [-0.3, -0.25) is 0 Å². The minimum atomic E-state index is -5.92. The van der Waals surface area contributed by atoms with Gasteiger partial charge in [0.25, 0.3) is 0 Å². The van der Waals surface area contributed by atoms with Crippen LogP contribution in [-0.2, 0) is 4.12 Å². The zero-order valence-electron chi connectivity index (χ0n) is 5.98. The topological polar surface area (TPSA) is 148 Å². The largest absolute Gasteiger partial charge is 2.00 e. The van der Waals surface area contributed by atoms with Gasteiger partial charge in [-0.2, -0.15) is 0 Å². The number of hydrogen-bond acceptors (Lipinski definition) is 7. The maximum absolute atomic E-state index is 9.36. The molecule has 0 rings (SSSR count). The van der Waals surface area contributed by atoms with E-state index >= 15 is 0 Å². The van der Waals surface area contributed by atoms with Crippen molar-refractivity contribution in [2.75, 3.05) is 0 Å². The molecule has 0 saturated heterocycles. The first-order valence-electron chi connectivity index (χ1n) is 1.63. The average molecular weight is 195 g/mol. The first kappa shape index (κ1) is 23.0. The molecule has 0 aromatic carbocycles. The van der Waals surface area contributed by atoms with E-state index in [1.807, 2.05) is 0 Å². The summed E-state index contributed by atoms with van der Waals surface area (Å²) in [5.41, 5.74) is 0. The zero-order valence-corrected chi connectivity index (χ0v) is 7.98. The van der Waals surface area contributed by atoms with Gasteiger partial charge in [0.05, 0.1) is 0 Å². The Kier molecular flexibility index (Phi) is 13.6. The van der Waals surface area contributed by atoms with Gasteiger partial charge in [0.1, 0.15) is 0 Å².